The predicted octanol–water partition coefficient (Wildman–Crippen LogP) is 4.31. The summed E-state index contributed by atoms with van der Waals surface area (Å²) in [5, 5.41) is 0. The van der Waals surface area contributed by atoms with Crippen molar-refractivity contribution in [3.63, 3.8) is 0 Å². The van der Waals surface area contributed by atoms with Crippen molar-refractivity contribution in [3.8, 4) is 11.1 Å². The SMILES string of the molecule is Cc1cncc(-c2cncnc2)c1C.Cc1cncc(Br)c1. The molecule has 0 spiro atoms. The molecule has 0 N–H and O–H groups in total. The largest absolute Gasteiger partial charge is 0.264 e. The van der Waals surface area contributed by atoms with Crippen LogP contribution in [0.4, 0.5) is 0 Å². The summed E-state index contributed by atoms with van der Waals surface area (Å²) in [5.41, 5.74) is 5.72. The van der Waals surface area contributed by atoms with Crippen LogP contribution in [0.25, 0.3) is 11.1 Å². The van der Waals surface area contributed by atoms with Gasteiger partial charge in [0.15, 0.2) is 0 Å². The van der Waals surface area contributed by atoms with Crippen LogP contribution in [0.1, 0.15) is 16.7 Å². The van der Waals surface area contributed by atoms with Crippen molar-refractivity contribution in [1.82, 2.24) is 19.9 Å². The van der Waals surface area contributed by atoms with Gasteiger partial charge in [-0.15, -0.1) is 0 Å². The van der Waals surface area contributed by atoms with Crippen LogP contribution in [-0.4, -0.2) is 19.9 Å². The molecule has 3 rings (SSSR count). The Hall–Kier alpha value is -2.14. The molecule has 0 bridgehead atoms. The molecule has 0 unspecified atom stereocenters. The summed E-state index contributed by atoms with van der Waals surface area (Å²) in [6, 6.07) is 2.02. The van der Waals surface area contributed by atoms with E-state index >= 15 is 0 Å². The lowest BCUT2D eigenvalue weighted by atomic mass is 10.0. The van der Waals surface area contributed by atoms with E-state index in [1.165, 1.54) is 23.0 Å². The van der Waals surface area contributed by atoms with Crippen LogP contribution in [0, 0.1) is 20.8 Å². The molecule has 3 aromatic rings. The highest BCUT2D eigenvalue weighted by atomic mass is 79.9. The normalized spacial score (nSPS) is 9.82. The Bertz CT molecular complexity index is 727. The van der Waals surface area contributed by atoms with Gasteiger partial charge in [0.2, 0.25) is 0 Å². The summed E-state index contributed by atoms with van der Waals surface area (Å²) < 4.78 is 1.04. The molecule has 112 valence electrons. The first-order valence-electron chi connectivity index (χ1n) is 6.81. The maximum atomic E-state index is 4.17. The van der Waals surface area contributed by atoms with Gasteiger partial charge in [-0.3, -0.25) is 9.97 Å². The van der Waals surface area contributed by atoms with Crippen LogP contribution in [0.3, 0.4) is 0 Å². The Balaban J connectivity index is 0.000000188. The van der Waals surface area contributed by atoms with E-state index < -0.39 is 0 Å². The van der Waals surface area contributed by atoms with Crippen LogP contribution >= 0.6 is 15.9 Å². The zero-order valence-electron chi connectivity index (χ0n) is 12.8. The van der Waals surface area contributed by atoms with Crippen LogP contribution in [0.2, 0.25) is 0 Å². The highest BCUT2D eigenvalue weighted by Gasteiger charge is 2.03. The van der Waals surface area contributed by atoms with Gasteiger partial charge in [-0.25, -0.2) is 9.97 Å². The van der Waals surface area contributed by atoms with Crippen LogP contribution in [0.15, 0.2) is 54.0 Å². The molecular weight excluding hydrogens is 340 g/mol. The van der Waals surface area contributed by atoms with Gasteiger partial charge in [0.25, 0.3) is 0 Å². The van der Waals surface area contributed by atoms with Gasteiger partial charge in [-0.2, -0.15) is 0 Å². The summed E-state index contributed by atoms with van der Waals surface area (Å²) >= 11 is 3.30. The van der Waals surface area contributed by atoms with Gasteiger partial charge in [-0.05, 0) is 59.5 Å². The summed E-state index contributed by atoms with van der Waals surface area (Å²) in [7, 11) is 0. The van der Waals surface area contributed by atoms with E-state index in [1.807, 2.05) is 31.6 Å². The molecular formula is C17H17BrN4. The zero-order chi connectivity index (χ0) is 15.9. The first kappa shape index (κ1) is 16.2. The van der Waals surface area contributed by atoms with Crippen molar-refractivity contribution in [2.45, 2.75) is 20.8 Å². The van der Waals surface area contributed by atoms with E-state index in [4.69, 9.17) is 0 Å². The molecule has 0 atom stereocenters. The standard InChI is InChI=1S/C11H11N3.C6H6BrN/c1-8-3-12-6-11(9(8)2)10-4-13-7-14-5-10;1-5-2-6(7)4-8-3-5/h3-7H,1-2H3;2-4H,1H3. The van der Waals surface area contributed by atoms with E-state index in [-0.39, 0.29) is 0 Å². The van der Waals surface area contributed by atoms with E-state index in [1.54, 1.807) is 18.6 Å². The minimum absolute atomic E-state index is 1.02. The number of aromatic nitrogens is 4. The third-order valence-corrected chi connectivity index (χ3v) is 3.61. The third kappa shape index (κ3) is 4.43. The average molecular weight is 357 g/mol. The fraction of sp³-hybridized carbons (Fsp3) is 0.176. The smallest absolute Gasteiger partial charge is 0.115 e. The lowest BCUT2D eigenvalue weighted by molar-refractivity contribution is 1.15. The van der Waals surface area contributed by atoms with E-state index in [0.717, 1.165) is 15.6 Å². The maximum Gasteiger partial charge on any atom is 0.115 e. The number of hydrogen-bond donors (Lipinski definition) is 0. The molecule has 0 aliphatic carbocycles. The Morgan fingerprint density at radius 2 is 1.45 bits per heavy atom. The first-order chi connectivity index (χ1) is 10.6. The maximum absolute atomic E-state index is 4.17. The molecule has 3 heterocycles. The topological polar surface area (TPSA) is 51.6 Å². The fourth-order valence-corrected chi connectivity index (χ4v) is 2.36. The molecule has 3 aromatic heterocycles. The lowest BCUT2D eigenvalue weighted by Crippen LogP contribution is -1.90. The van der Waals surface area contributed by atoms with Crippen molar-refractivity contribution < 1.29 is 0 Å². The molecule has 0 radical (unpaired) electrons. The second kappa shape index (κ2) is 7.75. The number of pyridine rings is 2. The second-order valence-electron chi connectivity index (χ2n) is 4.94. The predicted molar refractivity (Wildman–Crippen MR) is 91.4 cm³/mol. The van der Waals surface area contributed by atoms with Gasteiger partial charge in [0.1, 0.15) is 6.33 Å². The molecule has 22 heavy (non-hydrogen) atoms. The van der Waals surface area contributed by atoms with Crippen LogP contribution in [0.5, 0.6) is 0 Å². The molecule has 0 aromatic carbocycles. The number of halogens is 1. The van der Waals surface area contributed by atoms with Crippen LogP contribution in [-0.2, 0) is 0 Å². The number of aryl methyl sites for hydroxylation is 2. The van der Waals surface area contributed by atoms with Gasteiger partial charge < -0.3 is 0 Å². The lowest BCUT2D eigenvalue weighted by Gasteiger charge is -2.06. The molecule has 4 nitrogen and oxygen atoms in total. The Morgan fingerprint density at radius 1 is 0.773 bits per heavy atom. The third-order valence-electron chi connectivity index (χ3n) is 3.18. The number of nitrogens with zero attached hydrogens (tertiary/aromatic N) is 4. The van der Waals surface area contributed by atoms with Crippen molar-refractivity contribution in [2.24, 2.45) is 0 Å². The van der Waals surface area contributed by atoms with Gasteiger partial charge in [-0.1, -0.05) is 0 Å². The Morgan fingerprint density at radius 3 is 2.05 bits per heavy atom. The molecule has 0 aliphatic rings. The van der Waals surface area contributed by atoms with Gasteiger partial charge in [0, 0.05) is 52.8 Å². The summed E-state index contributed by atoms with van der Waals surface area (Å²) in [5.74, 6) is 0. The summed E-state index contributed by atoms with van der Waals surface area (Å²) in [6.45, 7) is 6.15. The van der Waals surface area contributed by atoms with Gasteiger partial charge >= 0.3 is 0 Å². The van der Waals surface area contributed by atoms with Crippen molar-refractivity contribution in [2.75, 3.05) is 0 Å². The average Bonchev–Trinajstić information content (AvgIpc) is 2.51. The van der Waals surface area contributed by atoms with E-state index in [2.05, 4.69) is 49.7 Å². The van der Waals surface area contributed by atoms with Gasteiger partial charge in [0.05, 0.1) is 0 Å². The molecule has 0 aliphatic heterocycles. The minimum Gasteiger partial charge on any atom is -0.264 e. The molecule has 0 saturated carbocycles. The fourth-order valence-electron chi connectivity index (χ4n) is 1.88. The minimum atomic E-state index is 1.02. The van der Waals surface area contributed by atoms with E-state index in [9.17, 15) is 0 Å². The second-order valence-corrected chi connectivity index (χ2v) is 5.85. The van der Waals surface area contributed by atoms with E-state index in [0.29, 0.717) is 0 Å². The number of rotatable bonds is 1. The Labute approximate surface area is 138 Å². The van der Waals surface area contributed by atoms with Crippen molar-refractivity contribution in [1.29, 1.82) is 0 Å². The first-order valence-corrected chi connectivity index (χ1v) is 7.61. The highest BCUT2D eigenvalue weighted by molar-refractivity contribution is 9.10. The van der Waals surface area contributed by atoms with Crippen molar-refractivity contribution in [3.05, 3.63) is 70.7 Å². The van der Waals surface area contributed by atoms with Crippen molar-refractivity contribution >= 4 is 15.9 Å². The quantitative estimate of drug-likeness (QED) is 0.651. The molecule has 0 fully saturated rings. The molecule has 5 heteroatoms. The summed E-state index contributed by atoms with van der Waals surface area (Å²) in [4.78, 5) is 16.1. The monoisotopic (exact) mass is 356 g/mol. The summed E-state index contributed by atoms with van der Waals surface area (Å²) in [6.07, 6.45) is 12.4. The Kier molecular flexibility index (Phi) is 5.72. The molecule has 0 saturated heterocycles. The van der Waals surface area contributed by atoms with Crippen LogP contribution < -0.4 is 0 Å². The zero-order valence-corrected chi connectivity index (χ0v) is 14.4. The number of hydrogen-bond acceptors (Lipinski definition) is 4. The molecule has 0 amide bonds. The highest BCUT2D eigenvalue weighted by Crippen LogP contribution is 2.22.